The van der Waals surface area contributed by atoms with Gasteiger partial charge >= 0.3 is 6.03 Å². The Kier molecular flexibility index (Phi) is 4.53. The van der Waals surface area contributed by atoms with Crippen LogP contribution in [-0.4, -0.2) is 25.0 Å². The molecule has 0 aliphatic heterocycles. The number of hydrogen-bond acceptors (Lipinski definition) is 1. The normalized spacial score (nSPS) is 10.2. The number of benzene rings is 2. The summed E-state index contributed by atoms with van der Waals surface area (Å²) in [5.74, 6) is 0. The van der Waals surface area contributed by atoms with Crippen LogP contribution < -0.4 is 5.32 Å². The van der Waals surface area contributed by atoms with Crippen molar-refractivity contribution in [2.75, 3.05) is 19.4 Å². The number of anilines is 1. The summed E-state index contributed by atoms with van der Waals surface area (Å²) in [6.07, 6.45) is 0. The number of nitrogens with zero attached hydrogens (tertiary/aromatic N) is 1. The Labute approximate surface area is 128 Å². The lowest BCUT2D eigenvalue weighted by Crippen LogP contribution is -2.27. The smallest absolute Gasteiger partial charge is 0.321 e. The van der Waals surface area contributed by atoms with Gasteiger partial charge in [0.05, 0.1) is 15.7 Å². The molecule has 0 saturated carbocycles. The Morgan fingerprint density at radius 1 is 1.05 bits per heavy atom. The van der Waals surface area contributed by atoms with Crippen molar-refractivity contribution in [1.29, 1.82) is 0 Å². The fourth-order valence-corrected chi connectivity index (χ4v) is 2.03. The third-order valence-electron chi connectivity index (χ3n) is 2.81. The molecule has 0 aliphatic carbocycles. The summed E-state index contributed by atoms with van der Waals surface area (Å²) in [6, 6.07) is 12.8. The molecule has 104 valence electrons. The van der Waals surface area contributed by atoms with Crippen molar-refractivity contribution in [3.05, 3.63) is 52.5 Å². The molecule has 0 atom stereocenters. The van der Waals surface area contributed by atoms with E-state index in [-0.39, 0.29) is 6.03 Å². The predicted molar refractivity (Wildman–Crippen MR) is 84.6 cm³/mol. The van der Waals surface area contributed by atoms with E-state index >= 15 is 0 Å². The largest absolute Gasteiger partial charge is 0.331 e. The van der Waals surface area contributed by atoms with Crippen molar-refractivity contribution < 1.29 is 4.79 Å². The van der Waals surface area contributed by atoms with Crippen molar-refractivity contribution in [1.82, 2.24) is 4.90 Å². The molecular formula is C15H14Cl2N2O. The number of hydrogen-bond donors (Lipinski definition) is 1. The minimum absolute atomic E-state index is 0.183. The maximum absolute atomic E-state index is 11.8. The number of carbonyl (C=O) groups is 1. The molecule has 0 spiro atoms. The highest BCUT2D eigenvalue weighted by Gasteiger charge is 2.10. The number of urea groups is 1. The summed E-state index contributed by atoms with van der Waals surface area (Å²) >= 11 is 12.0. The van der Waals surface area contributed by atoms with E-state index in [2.05, 4.69) is 5.32 Å². The van der Waals surface area contributed by atoms with E-state index in [1.807, 2.05) is 30.3 Å². The van der Waals surface area contributed by atoms with Gasteiger partial charge in [0.1, 0.15) is 0 Å². The lowest BCUT2D eigenvalue weighted by Gasteiger charge is -2.15. The third-order valence-corrected chi connectivity index (χ3v) is 3.54. The van der Waals surface area contributed by atoms with Gasteiger partial charge in [0, 0.05) is 19.7 Å². The first-order valence-corrected chi connectivity index (χ1v) is 6.77. The summed E-state index contributed by atoms with van der Waals surface area (Å²) in [6.45, 7) is 0. The second-order valence-corrected chi connectivity index (χ2v) is 5.31. The van der Waals surface area contributed by atoms with E-state index in [9.17, 15) is 4.79 Å². The molecule has 2 aromatic carbocycles. The van der Waals surface area contributed by atoms with E-state index < -0.39 is 0 Å². The Bertz CT molecular complexity index is 642. The highest BCUT2D eigenvalue weighted by atomic mass is 35.5. The Balaban J connectivity index is 2.41. The van der Waals surface area contributed by atoms with Crippen molar-refractivity contribution in [3.8, 4) is 11.1 Å². The number of amides is 2. The molecule has 0 heterocycles. The maximum atomic E-state index is 11.8. The van der Waals surface area contributed by atoms with Crippen molar-refractivity contribution in [2.45, 2.75) is 0 Å². The lowest BCUT2D eigenvalue weighted by molar-refractivity contribution is 0.230. The number of nitrogens with one attached hydrogen (secondary N) is 1. The molecule has 0 aliphatic rings. The van der Waals surface area contributed by atoms with Gasteiger partial charge in [0.25, 0.3) is 0 Å². The molecule has 3 nitrogen and oxygen atoms in total. The minimum atomic E-state index is -0.183. The second-order valence-electron chi connectivity index (χ2n) is 4.50. The Morgan fingerprint density at radius 3 is 2.40 bits per heavy atom. The summed E-state index contributed by atoms with van der Waals surface area (Å²) in [5.41, 5.74) is 2.51. The van der Waals surface area contributed by atoms with Crippen LogP contribution in [-0.2, 0) is 0 Å². The SMILES string of the molecule is CN(C)C(=O)Nc1ccccc1-c1ccc(Cl)c(Cl)c1. The van der Waals surface area contributed by atoms with E-state index in [1.165, 1.54) is 4.90 Å². The molecule has 2 rings (SSSR count). The molecule has 0 saturated heterocycles. The van der Waals surface area contributed by atoms with Crippen LogP contribution in [0.3, 0.4) is 0 Å². The zero-order chi connectivity index (χ0) is 14.7. The van der Waals surface area contributed by atoms with Gasteiger partial charge in [-0.3, -0.25) is 0 Å². The molecule has 2 aromatic rings. The molecule has 0 aromatic heterocycles. The zero-order valence-electron chi connectivity index (χ0n) is 11.2. The second kappa shape index (κ2) is 6.16. The number of rotatable bonds is 2. The highest BCUT2D eigenvalue weighted by Crippen LogP contribution is 2.32. The third kappa shape index (κ3) is 3.24. The first kappa shape index (κ1) is 14.7. The minimum Gasteiger partial charge on any atom is -0.331 e. The molecule has 2 amide bonds. The van der Waals surface area contributed by atoms with Crippen LogP contribution in [0.4, 0.5) is 10.5 Å². The molecule has 0 fully saturated rings. The molecule has 20 heavy (non-hydrogen) atoms. The molecule has 0 bridgehead atoms. The van der Waals surface area contributed by atoms with Crippen LogP contribution in [0, 0.1) is 0 Å². The first-order chi connectivity index (χ1) is 9.49. The monoisotopic (exact) mass is 308 g/mol. The summed E-state index contributed by atoms with van der Waals surface area (Å²) in [5, 5.41) is 3.84. The fraction of sp³-hybridized carbons (Fsp3) is 0.133. The molecule has 0 radical (unpaired) electrons. The van der Waals surface area contributed by atoms with E-state index in [0.29, 0.717) is 10.0 Å². The summed E-state index contributed by atoms with van der Waals surface area (Å²) in [4.78, 5) is 13.3. The average Bonchev–Trinajstić information content (AvgIpc) is 2.42. The molecule has 5 heteroatoms. The van der Waals surface area contributed by atoms with Crippen LogP contribution in [0.5, 0.6) is 0 Å². The van der Waals surface area contributed by atoms with Crippen LogP contribution in [0.15, 0.2) is 42.5 Å². The standard InChI is InChI=1S/C15H14Cl2N2O/c1-19(2)15(20)18-14-6-4-3-5-11(14)10-7-8-12(16)13(17)9-10/h3-9H,1-2H3,(H,18,20). The topological polar surface area (TPSA) is 32.3 Å². The van der Waals surface area contributed by atoms with Gasteiger partial charge in [-0.15, -0.1) is 0 Å². The van der Waals surface area contributed by atoms with E-state index in [4.69, 9.17) is 23.2 Å². The highest BCUT2D eigenvalue weighted by molar-refractivity contribution is 6.42. The van der Waals surface area contributed by atoms with Gasteiger partial charge in [-0.25, -0.2) is 4.79 Å². The first-order valence-electron chi connectivity index (χ1n) is 6.02. The van der Waals surface area contributed by atoms with E-state index in [0.717, 1.165) is 16.8 Å². The van der Waals surface area contributed by atoms with E-state index in [1.54, 1.807) is 26.2 Å². The molecule has 1 N–H and O–H groups in total. The van der Waals surface area contributed by atoms with Crippen LogP contribution in [0.1, 0.15) is 0 Å². The molecule has 0 unspecified atom stereocenters. The summed E-state index contributed by atoms with van der Waals surface area (Å²) in [7, 11) is 3.38. The van der Waals surface area contributed by atoms with Gasteiger partial charge in [0.15, 0.2) is 0 Å². The Hall–Kier alpha value is -1.71. The van der Waals surface area contributed by atoms with Gasteiger partial charge in [0.2, 0.25) is 0 Å². The fourth-order valence-electron chi connectivity index (χ4n) is 1.73. The van der Waals surface area contributed by atoms with Crippen molar-refractivity contribution >= 4 is 34.9 Å². The number of carbonyl (C=O) groups excluding carboxylic acids is 1. The maximum Gasteiger partial charge on any atom is 0.321 e. The van der Waals surface area contributed by atoms with Gasteiger partial charge in [-0.05, 0) is 23.8 Å². The van der Waals surface area contributed by atoms with Crippen LogP contribution in [0.2, 0.25) is 10.0 Å². The predicted octanol–water partition coefficient (Wildman–Crippen LogP) is 4.75. The van der Waals surface area contributed by atoms with Gasteiger partial charge in [-0.1, -0.05) is 47.5 Å². The van der Waals surface area contributed by atoms with Gasteiger partial charge in [-0.2, -0.15) is 0 Å². The van der Waals surface area contributed by atoms with Gasteiger partial charge < -0.3 is 10.2 Å². The summed E-state index contributed by atoms with van der Waals surface area (Å²) < 4.78 is 0. The number of para-hydroxylation sites is 1. The molecular weight excluding hydrogens is 295 g/mol. The van der Waals surface area contributed by atoms with Crippen LogP contribution >= 0.6 is 23.2 Å². The Morgan fingerprint density at radius 2 is 1.75 bits per heavy atom. The lowest BCUT2D eigenvalue weighted by atomic mass is 10.0. The number of halogens is 2. The quantitative estimate of drug-likeness (QED) is 0.852. The van der Waals surface area contributed by atoms with Crippen LogP contribution in [0.25, 0.3) is 11.1 Å². The van der Waals surface area contributed by atoms with Crippen molar-refractivity contribution in [3.63, 3.8) is 0 Å². The average molecular weight is 309 g/mol. The zero-order valence-corrected chi connectivity index (χ0v) is 12.7. The van der Waals surface area contributed by atoms with Crippen molar-refractivity contribution in [2.24, 2.45) is 0 Å².